The first-order chi connectivity index (χ1) is 14.4. The van der Waals surface area contributed by atoms with Gasteiger partial charge in [-0.3, -0.25) is 4.68 Å². The van der Waals surface area contributed by atoms with Gasteiger partial charge in [-0.1, -0.05) is 30.3 Å². The monoisotopic (exact) mass is 456 g/mol. The van der Waals surface area contributed by atoms with E-state index < -0.39 is 27.7 Å². The van der Waals surface area contributed by atoms with Crippen molar-refractivity contribution in [2.45, 2.75) is 17.6 Å². The lowest BCUT2D eigenvalue weighted by Gasteiger charge is -2.15. The number of likely N-dealkylation sites (N-methyl/N-ethyl adjacent to an activating group) is 1. The summed E-state index contributed by atoms with van der Waals surface area (Å²) in [5.74, 6) is -0.621. The standard InChI is InChI=1S/C20H20F4N4O2S/c1-27(2)11-12-28-19(20(22,23)24)17(13-7-9-14(21)10-8-13)18(26-28)15-5-3-4-6-16(15)31(25,29)30/h3-10H,11-12H2,1-2H3,(H2,25,29,30). The Morgan fingerprint density at radius 2 is 1.68 bits per heavy atom. The molecule has 0 amide bonds. The van der Waals surface area contributed by atoms with E-state index >= 15 is 0 Å². The molecule has 0 saturated heterocycles. The molecular formula is C20H20F4N4O2S. The quantitative estimate of drug-likeness (QED) is 0.575. The molecule has 0 aliphatic rings. The molecule has 166 valence electrons. The highest BCUT2D eigenvalue weighted by molar-refractivity contribution is 7.89. The minimum absolute atomic E-state index is 0.0454. The number of sulfonamides is 1. The van der Waals surface area contributed by atoms with Crippen molar-refractivity contribution < 1.29 is 26.0 Å². The minimum atomic E-state index is -4.81. The van der Waals surface area contributed by atoms with E-state index in [1.165, 1.54) is 36.4 Å². The van der Waals surface area contributed by atoms with Crippen LogP contribution in [0, 0.1) is 5.82 Å². The van der Waals surface area contributed by atoms with E-state index in [1.807, 2.05) is 0 Å². The Kier molecular flexibility index (Phi) is 6.21. The van der Waals surface area contributed by atoms with Crippen LogP contribution in [0.1, 0.15) is 5.69 Å². The zero-order valence-corrected chi connectivity index (χ0v) is 17.5. The molecule has 0 fully saturated rings. The van der Waals surface area contributed by atoms with E-state index in [2.05, 4.69) is 5.10 Å². The van der Waals surface area contributed by atoms with Gasteiger partial charge in [0.25, 0.3) is 0 Å². The summed E-state index contributed by atoms with van der Waals surface area (Å²) in [5.41, 5.74) is -1.63. The average Bonchev–Trinajstić information content (AvgIpc) is 3.06. The number of halogens is 4. The van der Waals surface area contributed by atoms with E-state index in [4.69, 9.17) is 5.14 Å². The van der Waals surface area contributed by atoms with E-state index in [1.54, 1.807) is 19.0 Å². The van der Waals surface area contributed by atoms with Gasteiger partial charge in [-0.2, -0.15) is 18.3 Å². The largest absolute Gasteiger partial charge is 0.433 e. The molecule has 0 atom stereocenters. The summed E-state index contributed by atoms with van der Waals surface area (Å²) in [7, 11) is -0.844. The Balaban J connectivity index is 2.40. The smallest absolute Gasteiger partial charge is 0.308 e. The van der Waals surface area contributed by atoms with Gasteiger partial charge in [-0.05, 0) is 37.9 Å². The molecule has 0 aliphatic carbocycles. The Morgan fingerprint density at radius 1 is 1.06 bits per heavy atom. The zero-order chi connectivity index (χ0) is 23.0. The molecule has 31 heavy (non-hydrogen) atoms. The number of rotatable bonds is 6. The van der Waals surface area contributed by atoms with Crippen molar-refractivity contribution in [2.24, 2.45) is 5.14 Å². The maximum absolute atomic E-state index is 14.2. The number of alkyl halides is 3. The second-order valence-corrected chi connectivity index (χ2v) is 8.67. The second-order valence-electron chi connectivity index (χ2n) is 7.14. The third-order valence-corrected chi connectivity index (χ3v) is 5.53. The predicted octanol–water partition coefficient (Wildman–Crippen LogP) is 3.58. The van der Waals surface area contributed by atoms with E-state index in [9.17, 15) is 26.0 Å². The van der Waals surface area contributed by atoms with Crippen LogP contribution in [-0.4, -0.2) is 43.7 Å². The molecule has 11 heteroatoms. The summed E-state index contributed by atoms with van der Waals surface area (Å²) in [6.45, 7) is 0.150. The van der Waals surface area contributed by atoms with Gasteiger partial charge in [-0.15, -0.1) is 0 Å². The van der Waals surface area contributed by atoms with Crippen molar-refractivity contribution in [3.8, 4) is 22.4 Å². The van der Waals surface area contributed by atoms with Gasteiger partial charge in [0, 0.05) is 17.7 Å². The number of primary sulfonamides is 1. The third kappa shape index (κ3) is 4.94. The van der Waals surface area contributed by atoms with Gasteiger partial charge in [-0.25, -0.2) is 17.9 Å². The lowest BCUT2D eigenvalue weighted by atomic mass is 9.98. The van der Waals surface area contributed by atoms with Crippen molar-refractivity contribution in [3.05, 3.63) is 60.0 Å². The summed E-state index contributed by atoms with van der Waals surface area (Å²) in [6.07, 6.45) is -4.81. The van der Waals surface area contributed by atoms with Gasteiger partial charge in [0.15, 0.2) is 5.69 Å². The maximum atomic E-state index is 14.2. The zero-order valence-electron chi connectivity index (χ0n) is 16.7. The lowest BCUT2D eigenvalue weighted by molar-refractivity contribution is -0.143. The Hall–Kier alpha value is -2.76. The first kappa shape index (κ1) is 22.9. The van der Waals surface area contributed by atoms with Gasteiger partial charge in [0.05, 0.1) is 11.4 Å². The van der Waals surface area contributed by atoms with E-state index in [-0.39, 0.29) is 40.4 Å². The van der Waals surface area contributed by atoms with Gasteiger partial charge < -0.3 is 4.90 Å². The van der Waals surface area contributed by atoms with Crippen LogP contribution in [0.5, 0.6) is 0 Å². The molecule has 1 aromatic heterocycles. The fourth-order valence-corrected chi connectivity index (χ4v) is 3.93. The van der Waals surface area contributed by atoms with Gasteiger partial charge >= 0.3 is 6.18 Å². The van der Waals surface area contributed by atoms with Crippen LogP contribution in [0.3, 0.4) is 0 Å². The van der Waals surface area contributed by atoms with Gasteiger partial charge in [0.1, 0.15) is 11.5 Å². The molecule has 0 saturated carbocycles. The van der Waals surface area contributed by atoms with Crippen molar-refractivity contribution in [1.82, 2.24) is 14.7 Å². The topological polar surface area (TPSA) is 81.2 Å². The molecule has 0 unspecified atom stereocenters. The number of benzene rings is 2. The maximum Gasteiger partial charge on any atom is 0.433 e. The fraction of sp³-hybridized carbons (Fsp3) is 0.250. The molecular weight excluding hydrogens is 436 g/mol. The summed E-state index contributed by atoms with van der Waals surface area (Å²) in [6, 6.07) is 9.88. The first-order valence-electron chi connectivity index (χ1n) is 9.10. The second kappa shape index (κ2) is 8.40. The normalized spacial score (nSPS) is 12.5. The molecule has 3 aromatic rings. The number of nitrogens with zero attached hydrogens (tertiary/aromatic N) is 3. The molecule has 0 bridgehead atoms. The Morgan fingerprint density at radius 3 is 2.23 bits per heavy atom. The number of hydrogen-bond acceptors (Lipinski definition) is 4. The molecule has 2 aromatic carbocycles. The number of hydrogen-bond donors (Lipinski definition) is 1. The van der Waals surface area contributed by atoms with E-state index in [0.717, 1.165) is 16.8 Å². The van der Waals surface area contributed by atoms with Crippen molar-refractivity contribution in [2.75, 3.05) is 20.6 Å². The molecule has 0 spiro atoms. The SMILES string of the molecule is CN(C)CCn1nc(-c2ccccc2S(N)(=O)=O)c(-c2ccc(F)cc2)c1C(F)(F)F. The number of nitrogens with two attached hydrogens (primary N) is 1. The van der Waals surface area contributed by atoms with Crippen LogP contribution < -0.4 is 5.14 Å². The van der Waals surface area contributed by atoms with Crippen LogP contribution in [-0.2, 0) is 22.7 Å². The molecule has 6 nitrogen and oxygen atoms in total. The summed E-state index contributed by atoms with van der Waals surface area (Å²) < 4.78 is 80.9. The Labute approximate surface area is 177 Å². The van der Waals surface area contributed by atoms with Crippen LogP contribution in [0.15, 0.2) is 53.4 Å². The summed E-state index contributed by atoms with van der Waals surface area (Å²) >= 11 is 0. The highest BCUT2D eigenvalue weighted by Crippen LogP contribution is 2.43. The molecule has 0 aliphatic heterocycles. The Bertz CT molecular complexity index is 1190. The molecule has 1 heterocycles. The molecule has 3 rings (SSSR count). The molecule has 2 N–H and O–H groups in total. The third-order valence-electron chi connectivity index (χ3n) is 4.56. The van der Waals surface area contributed by atoms with Crippen LogP contribution in [0.25, 0.3) is 22.4 Å². The van der Waals surface area contributed by atoms with Crippen LogP contribution >= 0.6 is 0 Å². The van der Waals surface area contributed by atoms with Gasteiger partial charge in [0.2, 0.25) is 10.0 Å². The highest BCUT2D eigenvalue weighted by atomic mass is 32.2. The average molecular weight is 456 g/mol. The number of aromatic nitrogens is 2. The summed E-state index contributed by atoms with van der Waals surface area (Å²) in [4.78, 5) is 1.33. The minimum Gasteiger partial charge on any atom is -0.308 e. The van der Waals surface area contributed by atoms with Crippen molar-refractivity contribution in [3.63, 3.8) is 0 Å². The lowest BCUT2D eigenvalue weighted by Crippen LogP contribution is -2.23. The molecule has 0 radical (unpaired) electrons. The predicted molar refractivity (Wildman–Crippen MR) is 108 cm³/mol. The van der Waals surface area contributed by atoms with Crippen molar-refractivity contribution >= 4 is 10.0 Å². The van der Waals surface area contributed by atoms with E-state index in [0.29, 0.717) is 0 Å². The van der Waals surface area contributed by atoms with Crippen molar-refractivity contribution in [1.29, 1.82) is 0 Å². The highest BCUT2D eigenvalue weighted by Gasteiger charge is 2.41. The van der Waals surface area contributed by atoms with Crippen LogP contribution in [0.4, 0.5) is 17.6 Å². The summed E-state index contributed by atoms with van der Waals surface area (Å²) in [5, 5.41) is 9.44. The van der Waals surface area contributed by atoms with Crippen LogP contribution in [0.2, 0.25) is 0 Å². The fourth-order valence-electron chi connectivity index (χ4n) is 3.20. The first-order valence-corrected chi connectivity index (χ1v) is 10.6.